The smallest absolute Gasteiger partial charge is 0.409 e. The van der Waals surface area contributed by atoms with Gasteiger partial charge in [0.1, 0.15) is 17.8 Å². The van der Waals surface area contributed by atoms with Crippen LogP contribution in [-0.4, -0.2) is 122 Å². The van der Waals surface area contributed by atoms with Crippen molar-refractivity contribution >= 4 is 46.5 Å². The molecule has 2 saturated heterocycles. The summed E-state index contributed by atoms with van der Waals surface area (Å²) in [7, 11) is 1.26. The van der Waals surface area contributed by atoms with Gasteiger partial charge in [0.2, 0.25) is 11.8 Å². The van der Waals surface area contributed by atoms with E-state index in [0.717, 1.165) is 44.1 Å². The molecule has 2 aliphatic heterocycles. The van der Waals surface area contributed by atoms with E-state index in [0.29, 0.717) is 36.1 Å². The quantitative estimate of drug-likeness (QED) is 0.220. The lowest BCUT2D eigenvalue weighted by atomic mass is 9.93. The number of aryl methyl sites for hydroxylation is 1. The number of hydrogen-bond donors (Lipinski definition) is 2. The monoisotopic (exact) mass is 721 g/mol. The molecule has 3 aliphatic rings. The summed E-state index contributed by atoms with van der Waals surface area (Å²) < 4.78 is 16.2. The van der Waals surface area contributed by atoms with Gasteiger partial charge in [-0.2, -0.15) is 0 Å². The molecule has 0 aromatic heterocycles. The number of piperazine rings is 1. The minimum absolute atomic E-state index is 0.00634. The standard InChI is InChI=1S/C38H51N5O9/c1-4-5-20-51-38(49)42-18-16-41(17-19-42)37(48)30(13-14-34(45)50-3)40-35(46)27-22-26-21-25(2)11-12-29(26)32(23-27)52-24-33(44)43-15-7-10-31(43)36(47)39-28-8-6-9-28/h11-12,21-23,28,30-31H,4-10,13-20,24H2,1-3H3,(H,39,47)(H,40,46)/t30-,31-/m0/s1. The second kappa shape index (κ2) is 18.1. The predicted octanol–water partition coefficient (Wildman–Crippen LogP) is 3.32. The number of methoxy groups -OCH3 is 1. The zero-order valence-electron chi connectivity index (χ0n) is 30.4. The minimum Gasteiger partial charge on any atom is -0.483 e. The van der Waals surface area contributed by atoms with E-state index in [1.54, 1.807) is 20.8 Å². The average Bonchev–Trinajstić information content (AvgIpc) is 3.63. The molecule has 0 bridgehead atoms. The molecule has 0 spiro atoms. The lowest BCUT2D eigenvalue weighted by Crippen LogP contribution is -2.56. The van der Waals surface area contributed by atoms with Crippen LogP contribution < -0.4 is 15.4 Å². The average molecular weight is 722 g/mol. The van der Waals surface area contributed by atoms with Gasteiger partial charge in [0, 0.05) is 56.1 Å². The molecule has 282 valence electrons. The first-order valence-corrected chi connectivity index (χ1v) is 18.4. The van der Waals surface area contributed by atoms with Crippen LogP contribution in [0.5, 0.6) is 5.75 Å². The molecule has 5 amide bonds. The summed E-state index contributed by atoms with van der Waals surface area (Å²) in [6.45, 7) is 5.46. The number of hydrogen-bond acceptors (Lipinski definition) is 9. The van der Waals surface area contributed by atoms with Crippen LogP contribution in [0.3, 0.4) is 0 Å². The summed E-state index contributed by atoms with van der Waals surface area (Å²) in [5.74, 6) is -1.59. The highest BCUT2D eigenvalue weighted by Gasteiger charge is 2.36. The van der Waals surface area contributed by atoms with Crippen molar-refractivity contribution in [3.8, 4) is 5.75 Å². The Morgan fingerprint density at radius 3 is 2.37 bits per heavy atom. The van der Waals surface area contributed by atoms with Gasteiger partial charge in [0.15, 0.2) is 6.61 Å². The zero-order chi connectivity index (χ0) is 37.2. The molecule has 3 fully saturated rings. The maximum Gasteiger partial charge on any atom is 0.409 e. The number of nitrogens with zero attached hydrogens (tertiary/aromatic N) is 3. The van der Waals surface area contributed by atoms with E-state index < -0.39 is 30.1 Å². The summed E-state index contributed by atoms with van der Waals surface area (Å²) in [5.41, 5.74) is 1.15. The van der Waals surface area contributed by atoms with Gasteiger partial charge in [0.05, 0.1) is 13.7 Å². The van der Waals surface area contributed by atoms with Crippen LogP contribution >= 0.6 is 0 Å². The summed E-state index contributed by atoms with van der Waals surface area (Å²) in [6, 6.07) is 7.49. The maximum atomic E-state index is 13.8. The van der Waals surface area contributed by atoms with E-state index in [4.69, 9.17) is 14.2 Å². The normalized spacial score (nSPS) is 18.0. The van der Waals surface area contributed by atoms with Crippen LogP contribution in [-0.2, 0) is 28.7 Å². The third kappa shape index (κ3) is 9.71. The first kappa shape index (κ1) is 38.4. The van der Waals surface area contributed by atoms with Gasteiger partial charge in [-0.25, -0.2) is 4.79 Å². The number of amides is 5. The number of rotatable bonds is 14. The highest BCUT2D eigenvalue weighted by atomic mass is 16.6. The van der Waals surface area contributed by atoms with Crippen molar-refractivity contribution in [3.05, 3.63) is 41.5 Å². The van der Waals surface area contributed by atoms with Crippen molar-refractivity contribution in [2.45, 2.75) is 89.8 Å². The highest BCUT2D eigenvalue weighted by Crippen LogP contribution is 2.30. The van der Waals surface area contributed by atoms with E-state index in [9.17, 15) is 28.8 Å². The Morgan fingerprint density at radius 1 is 0.923 bits per heavy atom. The Kier molecular flexibility index (Phi) is 13.3. The number of benzene rings is 2. The fraction of sp³-hybridized carbons (Fsp3) is 0.579. The Labute approximate surface area is 304 Å². The maximum absolute atomic E-state index is 13.8. The summed E-state index contributed by atoms with van der Waals surface area (Å²) in [5, 5.41) is 7.27. The molecule has 2 atom stereocenters. The van der Waals surface area contributed by atoms with Crippen molar-refractivity contribution < 1.29 is 43.0 Å². The molecule has 0 radical (unpaired) electrons. The molecule has 1 aliphatic carbocycles. The van der Waals surface area contributed by atoms with Gasteiger partial charge >= 0.3 is 12.1 Å². The number of ether oxygens (including phenoxy) is 3. The fourth-order valence-electron chi connectivity index (χ4n) is 6.70. The van der Waals surface area contributed by atoms with E-state index in [1.807, 2.05) is 32.0 Å². The number of likely N-dealkylation sites (tertiary alicyclic amines) is 1. The lowest BCUT2D eigenvalue weighted by Gasteiger charge is -2.36. The van der Waals surface area contributed by atoms with Crippen LogP contribution in [0.2, 0.25) is 0 Å². The summed E-state index contributed by atoms with van der Waals surface area (Å²) >= 11 is 0. The molecule has 5 rings (SSSR count). The Morgan fingerprint density at radius 2 is 1.67 bits per heavy atom. The molecule has 2 heterocycles. The topological polar surface area (TPSA) is 164 Å². The lowest BCUT2D eigenvalue weighted by molar-refractivity contribution is -0.141. The van der Waals surface area contributed by atoms with Gasteiger partial charge in [-0.3, -0.25) is 24.0 Å². The molecular weight excluding hydrogens is 670 g/mol. The van der Waals surface area contributed by atoms with E-state index in [-0.39, 0.29) is 75.0 Å². The number of carbonyl (C=O) groups is 6. The molecule has 2 N–H and O–H groups in total. The number of esters is 1. The Balaban J connectivity index is 1.28. The van der Waals surface area contributed by atoms with Crippen LogP contribution in [0.4, 0.5) is 4.79 Å². The molecular formula is C38H51N5O9. The van der Waals surface area contributed by atoms with E-state index in [2.05, 4.69) is 10.6 Å². The molecule has 2 aromatic rings. The fourth-order valence-corrected chi connectivity index (χ4v) is 6.70. The Bertz CT molecular complexity index is 1640. The van der Waals surface area contributed by atoms with E-state index >= 15 is 0 Å². The van der Waals surface area contributed by atoms with Crippen molar-refractivity contribution in [1.29, 1.82) is 0 Å². The van der Waals surface area contributed by atoms with Crippen LogP contribution in [0, 0.1) is 6.92 Å². The van der Waals surface area contributed by atoms with Gasteiger partial charge in [0.25, 0.3) is 11.8 Å². The number of fused-ring (bicyclic) bond motifs is 1. The molecule has 1 saturated carbocycles. The summed E-state index contributed by atoms with van der Waals surface area (Å²) in [6.07, 6.45) is 5.50. The van der Waals surface area contributed by atoms with Crippen LogP contribution in [0.15, 0.2) is 30.3 Å². The first-order valence-electron chi connectivity index (χ1n) is 18.4. The van der Waals surface area contributed by atoms with Gasteiger partial charge < -0.3 is 39.5 Å². The minimum atomic E-state index is -1.05. The first-order chi connectivity index (χ1) is 25.1. The molecule has 2 aromatic carbocycles. The Hall–Kier alpha value is -4.88. The van der Waals surface area contributed by atoms with Crippen LogP contribution in [0.1, 0.15) is 80.6 Å². The van der Waals surface area contributed by atoms with Crippen molar-refractivity contribution in [3.63, 3.8) is 0 Å². The van der Waals surface area contributed by atoms with Gasteiger partial charge in [-0.1, -0.05) is 37.1 Å². The summed E-state index contributed by atoms with van der Waals surface area (Å²) in [4.78, 5) is 83.1. The second-order valence-electron chi connectivity index (χ2n) is 13.8. The third-order valence-corrected chi connectivity index (χ3v) is 10.1. The molecule has 14 heteroatoms. The number of carbonyl (C=O) groups excluding carboxylic acids is 6. The third-order valence-electron chi connectivity index (χ3n) is 10.1. The van der Waals surface area contributed by atoms with Crippen molar-refractivity contribution in [1.82, 2.24) is 25.3 Å². The SMILES string of the molecule is CCCCOC(=O)N1CCN(C(=O)[C@H](CCC(=O)OC)NC(=O)c2cc(OCC(=O)N3CCC[C@H]3C(=O)NC3CCC3)c3ccc(C)cc3c2)CC1. The highest BCUT2D eigenvalue weighted by molar-refractivity contribution is 6.03. The van der Waals surface area contributed by atoms with Gasteiger partial charge in [-0.05, 0) is 69.4 Å². The predicted molar refractivity (Wildman–Crippen MR) is 192 cm³/mol. The second-order valence-corrected chi connectivity index (χ2v) is 13.8. The van der Waals surface area contributed by atoms with Crippen LogP contribution in [0.25, 0.3) is 10.8 Å². The number of nitrogens with one attached hydrogen (secondary N) is 2. The van der Waals surface area contributed by atoms with Gasteiger partial charge in [-0.15, -0.1) is 0 Å². The number of unbranched alkanes of at least 4 members (excludes halogenated alkanes) is 1. The molecule has 14 nitrogen and oxygen atoms in total. The largest absolute Gasteiger partial charge is 0.483 e. The van der Waals surface area contributed by atoms with E-state index in [1.165, 1.54) is 13.2 Å². The molecule has 0 unspecified atom stereocenters. The molecule has 52 heavy (non-hydrogen) atoms. The zero-order valence-corrected chi connectivity index (χ0v) is 30.4. The van der Waals surface area contributed by atoms with Crippen molar-refractivity contribution in [2.75, 3.05) is 53.0 Å². The van der Waals surface area contributed by atoms with Crippen molar-refractivity contribution in [2.24, 2.45) is 0 Å².